The molecule has 0 bridgehead atoms. The first-order valence-electron chi connectivity index (χ1n) is 18.3. The molecule has 2 fully saturated rings. The number of aliphatic hydroxyl groups is 1. The Hall–Kier alpha value is -5.38. The van der Waals surface area contributed by atoms with E-state index in [1.807, 2.05) is 0 Å². The van der Waals surface area contributed by atoms with Crippen molar-refractivity contribution in [1.82, 2.24) is 10.6 Å². The van der Waals surface area contributed by atoms with Crippen LogP contribution in [0.1, 0.15) is 85.7 Å². The zero-order chi connectivity index (χ0) is 40.6. The average molecular weight is 777 g/mol. The highest BCUT2D eigenvalue weighted by atomic mass is 16.7. The predicted octanol–water partition coefficient (Wildman–Crippen LogP) is 3.32. The van der Waals surface area contributed by atoms with Gasteiger partial charge in [-0.1, -0.05) is 38.1 Å². The number of hydrogen-bond donors (Lipinski definition) is 3. The number of nitrogens with one attached hydrogen (secondary N) is 2. The standard InChI is InChI=1S/C41H48N2O13/c1-40(2,3)56-33(46)16-14-29(21-44)43-37(48)27-8-6-7-25(17-27)20-42-36(47)28-18-30-34(53-23-52-30)31(19-28)54-38(49)26-12-9-24(10-13-26)11-15-32(45)55-35-39(50)51-22-41(35,4)5/h6-13,15,17-18,29-31,34-35,44H,14,16,19-23H2,1-5H3,(H,42,47)(H,43,48)/t29-,30+,31+,34+,35-/m0/s1. The highest BCUT2D eigenvalue weighted by molar-refractivity contribution is 5.96. The van der Waals surface area contributed by atoms with Crippen LogP contribution in [0.15, 0.2) is 66.3 Å². The average Bonchev–Trinajstić information content (AvgIpc) is 3.74. The summed E-state index contributed by atoms with van der Waals surface area (Å²) >= 11 is 0. The number of ether oxygens (including phenoxy) is 6. The van der Waals surface area contributed by atoms with Gasteiger partial charge in [0.25, 0.3) is 5.91 Å². The van der Waals surface area contributed by atoms with Crippen molar-refractivity contribution in [3.8, 4) is 0 Å². The van der Waals surface area contributed by atoms with Crippen molar-refractivity contribution < 1.29 is 62.3 Å². The van der Waals surface area contributed by atoms with Crippen molar-refractivity contribution >= 4 is 41.8 Å². The Morgan fingerprint density at radius 3 is 2.43 bits per heavy atom. The summed E-state index contributed by atoms with van der Waals surface area (Å²) in [5.74, 6) is -3.23. The molecule has 0 aromatic heterocycles. The number of cyclic esters (lactones) is 1. The molecule has 1 aliphatic carbocycles. The number of benzene rings is 2. The van der Waals surface area contributed by atoms with Gasteiger partial charge >= 0.3 is 23.9 Å². The molecule has 2 saturated heterocycles. The van der Waals surface area contributed by atoms with Crippen molar-refractivity contribution in [1.29, 1.82) is 0 Å². The lowest BCUT2D eigenvalue weighted by Crippen LogP contribution is -2.43. The third kappa shape index (κ3) is 11.3. The molecule has 2 aromatic carbocycles. The number of carbonyl (C=O) groups excluding carboxylic acids is 6. The van der Waals surface area contributed by atoms with Gasteiger partial charge in [-0.15, -0.1) is 0 Å². The summed E-state index contributed by atoms with van der Waals surface area (Å²) < 4.78 is 32.7. The van der Waals surface area contributed by atoms with Gasteiger partial charge in [-0.3, -0.25) is 14.4 Å². The summed E-state index contributed by atoms with van der Waals surface area (Å²) in [6.45, 7) is 8.66. The first-order valence-corrected chi connectivity index (χ1v) is 18.3. The molecule has 5 rings (SSSR count). The van der Waals surface area contributed by atoms with E-state index in [1.54, 1.807) is 77.1 Å². The Morgan fingerprint density at radius 1 is 1.00 bits per heavy atom. The molecule has 300 valence electrons. The van der Waals surface area contributed by atoms with Crippen LogP contribution < -0.4 is 10.6 Å². The zero-order valence-electron chi connectivity index (χ0n) is 32.0. The van der Waals surface area contributed by atoms with Crippen LogP contribution in [0.5, 0.6) is 0 Å². The molecule has 2 aromatic rings. The Labute approximate surface area is 324 Å². The number of hydrogen-bond acceptors (Lipinski definition) is 13. The van der Waals surface area contributed by atoms with Crippen LogP contribution in [-0.2, 0) is 54.1 Å². The molecule has 3 aliphatic rings. The van der Waals surface area contributed by atoms with Crippen molar-refractivity contribution in [2.75, 3.05) is 20.0 Å². The smallest absolute Gasteiger partial charge is 0.348 e. The topological polar surface area (TPSA) is 202 Å². The summed E-state index contributed by atoms with van der Waals surface area (Å²) in [5.41, 5.74) is 0.823. The molecule has 15 nitrogen and oxygen atoms in total. The van der Waals surface area contributed by atoms with E-state index in [0.29, 0.717) is 22.3 Å². The maximum absolute atomic E-state index is 13.3. The van der Waals surface area contributed by atoms with Gasteiger partial charge in [0.2, 0.25) is 12.0 Å². The van der Waals surface area contributed by atoms with Crippen LogP contribution in [0.2, 0.25) is 0 Å². The van der Waals surface area contributed by atoms with E-state index >= 15 is 0 Å². The Kier molecular flexibility index (Phi) is 13.5. The molecule has 2 aliphatic heterocycles. The van der Waals surface area contributed by atoms with Crippen molar-refractivity contribution in [3.63, 3.8) is 0 Å². The molecule has 2 heterocycles. The molecule has 0 unspecified atom stereocenters. The monoisotopic (exact) mass is 776 g/mol. The lowest BCUT2D eigenvalue weighted by atomic mass is 9.90. The van der Waals surface area contributed by atoms with E-state index in [-0.39, 0.29) is 51.4 Å². The molecular weight excluding hydrogens is 728 g/mol. The summed E-state index contributed by atoms with van der Waals surface area (Å²) in [7, 11) is 0. The molecule has 5 atom stereocenters. The summed E-state index contributed by atoms with van der Waals surface area (Å²) in [6.07, 6.45) is 1.54. The van der Waals surface area contributed by atoms with Gasteiger partial charge in [-0.25, -0.2) is 14.4 Å². The van der Waals surface area contributed by atoms with E-state index in [9.17, 15) is 33.9 Å². The van der Waals surface area contributed by atoms with E-state index in [4.69, 9.17) is 28.4 Å². The number of aliphatic hydroxyl groups excluding tert-OH is 1. The fraction of sp³-hybridized carbons (Fsp3) is 0.463. The van der Waals surface area contributed by atoms with Crippen LogP contribution >= 0.6 is 0 Å². The van der Waals surface area contributed by atoms with E-state index < -0.39 is 77.2 Å². The first kappa shape index (κ1) is 41.8. The molecule has 56 heavy (non-hydrogen) atoms. The lowest BCUT2D eigenvalue weighted by Gasteiger charge is -2.30. The number of esters is 4. The molecule has 0 radical (unpaired) electrons. The molecule has 0 saturated carbocycles. The normalized spacial score (nSPS) is 22.0. The quantitative estimate of drug-likeness (QED) is 0.143. The van der Waals surface area contributed by atoms with Gasteiger partial charge in [0, 0.05) is 42.0 Å². The second kappa shape index (κ2) is 18.0. The number of carbonyl (C=O) groups is 6. The minimum atomic E-state index is -0.998. The van der Waals surface area contributed by atoms with E-state index in [2.05, 4.69) is 10.6 Å². The van der Waals surface area contributed by atoms with Crippen LogP contribution in [0, 0.1) is 5.41 Å². The van der Waals surface area contributed by atoms with Crippen LogP contribution in [0.25, 0.3) is 6.08 Å². The van der Waals surface area contributed by atoms with Crippen LogP contribution in [-0.4, -0.2) is 96.9 Å². The van der Waals surface area contributed by atoms with Gasteiger partial charge in [0.05, 0.1) is 18.2 Å². The molecule has 0 spiro atoms. The SMILES string of the molecule is CC(C)(C)OC(=O)CC[C@@H](CO)NC(=O)c1cccc(CNC(=O)C2=C[C@H]3OCO[C@H]3[C@H](OC(=O)c3ccc(C=CC(=O)O[C@H]4C(=O)OCC4(C)C)cc3)C2)c1. The highest BCUT2D eigenvalue weighted by Gasteiger charge is 2.46. The zero-order valence-corrected chi connectivity index (χ0v) is 32.0. The predicted molar refractivity (Wildman–Crippen MR) is 198 cm³/mol. The van der Waals surface area contributed by atoms with Crippen molar-refractivity contribution in [3.05, 3.63) is 88.5 Å². The second-order valence-corrected chi connectivity index (χ2v) is 15.4. The van der Waals surface area contributed by atoms with Crippen molar-refractivity contribution in [2.45, 2.75) is 96.5 Å². The fourth-order valence-corrected chi connectivity index (χ4v) is 6.20. The lowest BCUT2D eigenvalue weighted by molar-refractivity contribution is -0.159. The Bertz CT molecular complexity index is 1860. The van der Waals surface area contributed by atoms with E-state index in [0.717, 1.165) is 0 Å². The molecular formula is C41H48N2O13. The number of amides is 2. The first-order chi connectivity index (χ1) is 26.5. The maximum Gasteiger partial charge on any atom is 0.348 e. The van der Waals surface area contributed by atoms with E-state index in [1.165, 1.54) is 24.3 Å². The van der Waals surface area contributed by atoms with Crippen molar-refractivity contribution in [2.24, 2.45) is 5.41 Å². The van der Waals surface area contributed by atoms with Crippen LogP contribution in [0.4, 0.5) is 0 Å². The largest absolute Gasteiger partial charge is 0.462 e. The Balaban J connectivity index is 1.12. The van der Waals surface area contributed by atoms with Gasteiger partial charge in [0.1, 0.15) is 37.3 Å². The second-order valence-electron chi connectivity index (χ2n) is 15.4. The van der Waals surface area contributed by atoms with Crippen LogP contribution in [0.3, 0.4) is 0 Å². The third-order valence-corrected chi connectivity index (χ3v) is 9.17. The molecule has 2 amide bonds. The minimum Gasteiger partial charge on any atom is -0.462 e. The van der Waals surface area contributed by atoms with Gasteiger partial charge in [0.15, 0.2) is 0 Å². The highest BCUT2D eigenvalue weighted by Crippen LogP contribution is 2.32. The maximum atomic E-state index is 13.3. The number of rotatable bonds is 14. The molecule has 3 N–H and O–H groups in total. The fourth-order valence-electron chi connectivity index (χ4n) is 6.20. The Morgan fingerprint density at radius 2 is 1.75 bits per heavy atom. The summed E-state index contributed by atoms with van der Waals surface area (Å²) in [5, 5.41) is 15.4. The summed E-state index contributed by atoms with van der Waals surface area (Å²) in [6, 6.07) is 12.3. The van der Waals surface area contributed by atoms with Gasteiger partial charge in [-0.2, -0.15) is 0 Å². The summed E-state index contributed by atoms with van der Waals surface area (Å²) in [4.78, 5) is 75.9. The number of fused-ring (bicyclic) bond motifs is 1. The third-order valence-electron chi connectivity index (χ3n) is 9.17. The minimum absolute atomic E-state index is 0.0254. The van der Waals surface area contributed by atoms with Gasteiger partial charge in [-0.05, 0) is 74.7 Å². The molecule has 15 heteroatoms. The van der Waals surface area contributed by atoms with Gasteiger partial charge < -0.3 is 44.2 Å².